The number of amides is 1. The fourth-order valence-electron chi connectivity index (χ4n) is 13.6. The average molecular weight is 1300 g/mol. The number of aliphatic hydroxyl groups excluding tert-OH is 2. The highest BCUT2D eigenvalue weighted by Crippen LogP contribution is 2.49. The second-order valence-electron chi connectivity index (χ2n) is 26.3. The van der Waals surface area contributed by atoms with E-state index in [2.05, 4.69) is 34.3 Å². The van der Waals surface area contributed by atoms with E-state index in [1.165, 1.54) is 59.6 Å². The number of ketones is 1. The van der Waals surface area contributed by atoms with Gasteiger partial charge in [0.15, 0.2) is 33.9 Å². The van der Waals surface area contributed by atoms with Crippen molar-refractivity contribution >= 4 is 84.6 Å². The molecule has 5 aliphatic rings. The number of phenols is 1. The van der Waals surface area contributed by atoms with E-state index in [1.807, 2.05) is 24.0 Å². The Hall–Kier alpha value is -8.42. The number of phenolic OH excluding ortho intramolecular Hbond substituents is 1. The maximum Gasteiger partial charge on any atom is 0.341 e. The predicted octanol–water partition coefficient (Wildman–Crippen LogP) is 8.76. The van der Waals surface area contributed by atoms with E-state index in [1.54, 1.807) is 57.4 Å². The number of aromatic nitrogens is 2. The first-order chi connectivity index (χ1) is 44.6. The summed E-state index contributed by atoms with van der Waals surface area (Å²) >= 11 is 0. The molecule has 2 saturated heterocycles. The highest BCUT2D eigenvalue weighted by atomic mass is 19.1. The molecule has 0 radical (unpaired) electrons. The molecule has 1 unspecified atom stereocenters. The highest BCUT2D eigenvalue weighted by molar-refractivity contribution is 6.26. The number of benzene rings is 4. The van der Waals surface area contributed by atoms with Crippen LogP contribution in [0.2, 0.25) is 0 Å². The lowest BCUT2D eigenvalue weighted by atomic mass is 9.78. The third-order valence-electron chi connectivity index (χ3n) is 18.9. The first-order valence-electron chi connectivity index (χ1n) is 32.1. The molecule has 24 heteroatoms. The van der Waals surface area contributed by atoms with Crippen LogP contribution in [0.25, 0.3) is 43.9 Å². The van der Waals surface area contributed by atoms with Crippen molar-refractivity contribution in [2.24, 2.45) is 29.6 Å². The number of pyridine rings is 1. The summed E-state index contributed by atoms with van der Waals surface area (Å²) in [5.41, 5.74) is 0.533. The number of Topliss-reactive ketones (excluding diaryl/α,β-unsaturated/α-hetero) is 1. The smallest absolute Gasteiger partial charge is 0.341 e. The molecule has 0 spiro atoms. The Labute approximate surface area is 543 Å². The number of carboxylic acids is 1. The van der Waals surface area contributed by atoms with Gasteiger partial charge in [0.25, 0.3) is 11.7 Å². The average Bonchev–Trinajstić information content (AvgIpc) is 1.29. The minimum atomic E-state index is -2.03. The molecule has 2 aromatic heterocycles. The molecule has 94 heavy (non-hydrogen) atoms. The molecule has 6 N–H and O–H groups in total. The van der Waals surface area contributed by atoms with Crippen molar-refractivity contribution in [2.75, 3.05) is 81.7 Å². The zero-order chi connectivity index (χ0) is 68.1. The minimum Gasteiger partial charge on any atom is -0.505 e. The number of rotatable bonds is 9. The van der Waals surface area contributed by atoms with Crippen LogP contribution in [0.3, 0.4) is 0 Å². The Morgan fingerprint density at radius 1 is 0.904 bits per heavy atom. The maximum atomic E-state index is 15.1. The standard InChI is InChI=1S/C51H64N4O12.C19H22FN3O4/c1-25(2)24-54-18-20-55(21-19-54)33-15-16-34-36(23-33)66-48-40(52-34)37-38-44(59)31(8)47-39(37)49(61)51(10,67-47)64-22-17-35(63-11)28(5)46(65-32(9)56)30(7)43(58)29(6)42(57)26(3)13-12-14-27(4)50(62)53-41(48)45(38)60;1-10-8-22(6-5-21-10)16-14(20)7-12-15(18(16)27-2)23(11-3-4-11)9-13(17(12)24)19(25)26/h12-17,22-23,25-26,28-30,35,42-43,46,57-58,60H,18-21,24H2,1-11H3,(H,53,62);7,9-11,21H,3-6,8H2,1-2H3,(H,25,26)/b13-12+,22-17+,27-14-;/t26-,28+,29+,30+,35-,42-,43+,46+,51-;/m0./s1. The number of methoxy groups -OCH3 is 2. The van der Waals surface area contributed by atoms with Crippen LogP contribution in [-0.4, -0.2) is 161 Å². The molecule has 1 amide bonds. The number of aliphatic hydroxyl groups is 2. The number of fused-ring (bicyclic) bond motifs is 3. The summed E-state index contributed by atoms with van der Waals surface area (Å²) in [7, 11) is 2.91. The van der Waals surface area contributed by atoms with E-state index in [-0.39, 0.29) is 73.0 Å². The summed E-state index contributed by atoms with van der Waals surface area (Å²) in [6.07, 6.45) is 6.85. The normalized spacial score (nSPS) is 27.0. The van der Waals surface area contributed by atoms with E-state index in [9.17, 15) is 49.2 Å². The van der Waals surface area contributed by atoms with Gasteiger partial charge in [-0.25, -0.2) is 14.2 Å². The number of halogens is 1. The first-order valence-corrected chi connectivity index (χ1v) is 32.1. The van der Waals surface area contributed by atoms with Gasteiger partial charge in [-0.1, -0.05) is 59.8 Å². The molecule has 4 aromatic carbocycles. The molecule has 1 saturated carbocycles. The van der Waals surface area contributed by atoms with Crippen LogP contribution in [0.15, 0.2) is 80.6 Å². The Morgan fingerprint density at radius 3 is 2.26 bits per heavy atom. The zero-order valence-electron chi connectivity index (χ0n) is 55.5. The van der Waals surface area contributed by atoms with E-state index in [0.29, 0.717) is 47.1 Å². The van der Waals surface area contributed by atoms with E-state index < -0.39 is 99.9 Å². The number of aromatic hydroxyl groups is 1. The second kappa shape index (κ2) is 27.5. The van der Waals surface area contributed by atoms with Crippen molar-refractivity contribution < 1.29 is 72.1 Å². The molecule has 6 heterocycles. The lowest BCUT2D eigenvalue weighted by molar-refractivity contribution is -0.160. The predicted molar refractivity (Wildman–Crippen MR) is 355 cm³/mol. The van der Waals surface area contributed by atoms with Crippen molar-refractivity contribution in [1.29, 1.82) is 0 Å². The molecule has 23 nitrogen and oxygen atoms in total. The van der Waals surface area contributed by atoms with Gasteiger partial charge in [0.1, 0.15) is 39.8 Å². The van der Waals surface area contributed by atoms with Gasteiger partial charge in [-0.3, -0.25) is 28.9 Å². The second-order valence-corrected chi connectivity index (χ2v) is 26.3. The number of hydrogen-bond donors (Lipinski definition) is 6. The number of carbonyl (C=O) groups is 4. The number of carboxylic acid groups (broad SMARTS) is 1. The quantitative estimate of drug-likeness (QED) is 0.0341. The number of anilines is 3. The molecule has 4 aliphatic heterocycles. The number of nitrogens with one attached hydrogen (secondary N) is 2. The Morgan fingerprint density at radius 2 is 1.62 bits per heavy atom. The van der Waals surface area contributed by atoms with Crippen molar-refractivity contribution in [2.45, 2.75) is 131 Å². The third-order valence-corrected chi connectivity index (χ3v) is 18.9. The van der Waals surface area contributed by atoms with E-state index >= 15 is 4.39 Å². The van der Waals surface area contributed by atoms with Gasteiger partial charge in [0.05, 0.1) is 53.5 Å². The molecule has 6 aromatic rings. The van der Waals surface area contributed by atoms with Crippen LogP contribution < -0.4 is 40.8 Å². The van der Waals surface area contributed by atoms with E-state index in [0.717, 1.165) is 63.9 Å². The van der Waals surface area contributed by atoms with Crippen LogP contribution in [0.1, 0.15) is 114 Å². The number of allylic oxidation sites excluding steroid dienone is 2. The van der Waals surface area contributed by atoms with Gasteiger partial charge in [-0.15, -0.1) is 0 Å². The molecule has 504 valence electrons. The molecule has 3 fully saturated rings. The van der Waals surface area contributed by atoms with Crippen molar-refractivity contribution in [1.82, 2.24) is 19.8 Å². The van der Waals surface area contributed by atoms with Crippen molar-refractivity contribution in [3.63, 3.8) is 0 Å². The Kier molecular flexibility index (Phi) is 20.0. The number of carbonyl (C=O) groups excluding carboxylic acids is 3. The number of ether oxygens (including phenoxy) is 5. The van der Waals surface area contributed by atoms with Crippen LogP contribution >= 0.6 is 0 Å². The summed E-state index contributed by atoms with van der Waals surface area (Å²) in [4.78, 5) is 91.5. The Bertz CT molecular complexity index is 4190. The number of piperazine rings is 2. The molecule has 4 bridgehead atoms. The van der Waals surface area contributed by atoms with Gasteiger partial charge in [-0.2, -0.15) is 0 Å². The van der Waals surface area contributed by atoms with Gasteiger partial charge in [-0.05, 0) is 63.8 Å². The third kappa shape index (κ3) is 13.2. The highest BCUT2D eigenvalue weighted by Gasteiger charge is 2.50. The van der Waals surface area contributed by atoms with Crippen molar-refractivity contribution in [3.8, 4) is 17.2 Å². The molecule has 11 rings (SSSR count). The van der Waals surface area contributed by atoms with Crippen molar-refractivity contribution in [3.05, 3.63) is 110 Å². The summed E-state index contributed by atoms with van der Waals surface area (Å²) in [6, 6.07) is 7.04. The van der Waals surface area contributed by atoms with Gasteiger partial charge < -0.3 is 73.5 Å². The van der Waals surface area contributed by atoms with Crippen LogP contribution in [0.5, 0.6) is 17.2 Å². The van der Waals surface area contributed by atoms with Crippen LogP contribution in [-0.2, 0) is 23.8 Å². The van der Waals surface area contributed by atoms with Gasteiger partial charge >= 0.3 is 17.7 Å². The molecule has 1 aliphatic carbocycles. The van der Waals surface area contributed by atoms with E-state index in [4.69, 9.17) is 33.1 Å². The SMILES string of the molecule is CO[C@H]1/C=C/O[C@@]2(C)Oc3c(C)c(=O)c4c(O)c(c5oc6cc(N7CCN(CC(C)C)CC7)ccc6nc5c4c3C2=O)NC(=O)/C(C)=C\C=C\[C@H](C)[C@H](O)[C@@H](C)[C@@H](O)[C@@H](C)[C@H](OC(C)=O)[C@@H]1C.COc1c(N2CCNC(C)C2)c(F)cc2c(=O)c(C(=O)O)cn(C3CC3)c12. The fourth-order valence-corrected chi connectivity index (χ4v) is 13.6. The summed E-state index contributed by atoms with van der Waals surface area (Å²) in [6.45, 7) is 25.4. The summed E-state index contributed by atoms with van der Waals surface area (Å²) in [5, 5.41) is 50.5. The Balaban J connectivity index is 0.000000295. The zero-order valence-corrected chi connectivity index (χ0v) is 55.5. The van der Waals surface area contributed by atoms with Crippen LogP contribution in [0.4, 0.5) is 21.5 Å². The number of hydrogen-bond acceptors (Lipinski definition) is 20. The molecule has 10 atom stereocenters. The number of aromatic carboxylic acids is 1. The lowest BCUT2D eigenvalue weighted by Gasteiger charge is -2.38. The topological polar surface area (TPSA) is 294 Å². The molecular formula is C70H86FN7O16. The number of esters is 1. The summed E-state index contributed by atoms with van der Waals surface area (Å²) in [5.74, 6) is -8.18. The van der Waals surface area contributed by atoms with Crippen LogP contribution in [0, 0.1) is 42.3 Å². The molecular weight excluding hydrogens is 1210 g/mol. The lowest BCUT2D eigenvalue weighted by Crippen LogP contribution is -2.49. The number of nitrogens with zero attached hydrogens (tertiary/aromatic N) is 5. The maximum absolute atomic E-state index is 15.1. The van der Waals surface area contributed by atoms with Gasteiger partial charge in [0, 0.05) is 144 Å². The minimum absolute atomic E-state index is 0.00683. The first kappa shape index (κ1) is 68.4. The monoisotopic (exact) mass is 1300 g/mol. The summed E-state index contributed by atoms with van der Waals surface area (Å²) < 4.78 is 53.1. The van der Waals surface area contributed by atoms with Gasteiger partial charge in [0.2, 0.25) is 5.43 Å². The largest absolute Gasteiger partial charge is 0.505 e. The fraction of sp³-hybridized carbons (Fsp3) is 0.500.